The molecule has 1 aromatic heterocycles. The number of aryl methyl sites for hydroxylation is 1. The van der Waals surface area contributed by atoms with Gasteiger partial charge in [0.15, 0.2) is 18.2 Å². The van der Waals surface area contributed by atoms with Crippen molar-refractivity contribution in [3.63, 3.8) is 0 Å². The minimum absolute atomic E-state index is 0.0495. The molecule has 0 fully saturated rings. The third-order valence-corrected chi connectivity index (χ3v) is 3.82. The summed E-state index contributed by atoms with van der Waals surface area (Å²) in [6.45, 7) is 2.01. The zero-order valence-corrected chi connectivity index (χ0v) is 13.1. The van der Waals surface area contributed by atoms with Crippen LogP contribution in [0.15, 0.2) is 28.1 Å². The lowest BCUT2D eigenvalue weighted by Crippen LogP contribution is -2.28. The van der Waals surface area contributed by atoms with E-state index >= 15 is 0 Å². The Balaban J connectivity index is 1.80. The van der Waals surface area contributed by atoms with Crippen LogP contribution in [0.25, 0.3) is 0 Å². The van der Waals surface area contributed by atoms with Crippen LogP contribution in [0.2, 0.25) is 0 Å². The van der Waals surface area contributed by atoms with Crippen LogP contribution in [-0.2, 0) is 11.3 Å². The van der Waals surface area contributed by atoms with E-state index in [4.69, 9.17) is 4.74 Å². The minimum Gasteiger partial charge on any atom is -0.481 e. The highest BCUT2D eigenvalue weighted by Gasteiger charge is 2.08. The van der Waals surface area contributed by atoms with E-state index in [2.05, 4.69) is 26.2 Å². The molecular weight excluding hydrogens is 347 g/mol. The first-order valence-electron chi connectivity index (χ1n) is 5.80. The Morgan fingerprint density at radius 1 is 1.55 bits per heavy atom. The average Bonchev–Trinajstić information content (AvgIpc) is 2.81. The molecule has 0 aliphatic rings. The van der Waals surface area contributed by atoms with Crippen LogP contribution in [0.5, 0.6) is 5.75 Å². The largest absolute Gasteiger partial charge is 0.481 e. The topological polar surface area (TPSA) is 51.2 Å². The molecule has 0 saturated carbocycles. The van der Waals surface area contributed by atoms with Crippen molar-refractivity contribution < 1.29 is 13.9 Å². The van der Waals surface area contributed by atoms with Crippen molar-refractivity contribution in [3.05, 3.63) is 44.6 Å². The first-order chi connectivity index (χ1) is 9.54. The number of hydrogen-bond acceptors (Lipinski definition) is 4. The van der Waals surface area contributed by atoms with Crippen molar-refractivity contribution in [2.45, 2.75) is 13.5 Å². The normalized spacial score (nSPS) is 10.3. The number of carbonyl (C=O) groups is 1. The molecule has 4 nitrogen and oxygen atoms in total. The summed E-state index contributed by atoms with van der Waals surface area (Å²) in [5.41, 5.74) is 0.924. The number of rotatable bonds is 5. The molecule has 0 radical (unpaired) electrons. The summed E-state index contributed by atoms with van der Waals surface area (Å²) in [5, 5.41) is 5.40. The van der Waals surface area contributed by atoms with Crippen LogP contribution in [-0.4, -0.2) is 17.5 Å². The number of ether oxygens (including phenoxy) is 1. The fourth-order valence-electron chi connectivity index (χ4n) is 1.44. The van der Waals surface area contributed by atoms with Gasteiger partial charge in [-0.15, -0.1) is 11.3 Å². The summed E-state index contributed by atoms with van der Waals surface area (Å²) in [6, 6.07) is 4.40. The van der Waals surface area contributed by atoms with Gasteiger partial charge in [-0.2, -0.15) is 0 Å². The number of nitrogens with one attached hydrogen (secondary N) is 1. The molecule has 20 heavy (non-hydrogen) atoms. The van der Waals surface area contributed by atoms with Gasteiger partial charge in [-0.05, 0) is 25.1 Å². The van der Waals surface area contributed by atoms with E-state index in [0.29, 0.717) is 11.0 Å². The second-order valence-corrected chi connectivity index (χ2v) is 5.88. The second-order valence-electron chi connectivity index (χ2n) is 4.02. The lowest BCUT2D eigenvalue weighted by atomic mass is 10.3. The van der Waals surface area contributed by atoms with Crippen molar-refractivity contribution in [1.29, 1.82) is 0 Å². The minimum atomic E-state index is -0.511. The molecule has 0 atom stereocenters. The molecule has 0 unspecified atom stereocenters. The first-order valence-corrected chi connectivity index (χ1v) is 7.47. The molecule has 1 amide bonds. The molecule has 1 heterocycles. The van der Waals surface area contributed by atoms with E-state index < -0.39 is 5.82 Å². The fraction of sp³-hybridized carbons (Fsp3) is 0.231. The van der Waals surface area contributed by atoms with Gasteiger partial charge in [0.2, 0.25) is 0 Å². The van der Waals surface area contributed by atoms with Crippen LogP contribution in [0.4, 0.5) is 4.39 Å². The zero-order chi connectivity index (χ0) is 14.5. The highest BCUT2D eigenvalue weighted by molar-refractivity contribution is 9.10. The molecule has 0 bridgehead atoms. The number of aromatic nitrogens is 1. The van der Waals surface area contributed by atoms with E-state index in [-0.39, 0.29) is 18.3 Å². The Morgan fingerprint density at radius 2 is 2.35 bits per heavy atom. The van der Waals surface area contributed by atoms with Gasteiger partial charge < -0.3 is 10.1 Å². The van der Waals surface area contributed by atoms with Crippen molar-refractivity contribution in [1.82, 2.24) is 10.3 Å². The van der Waals surface area contributed by atoms with Crippen LogP contribution < -0.4 is 10.1 Å². The summed E-state index contributed by atoms with van der Waals surface area (Å²) < 4.78 is 19.2. The number of halogens is 2. The second kappa shape index (κ2) is 6.81. The van der Waals surface area contributed by atoms with Gasteiger partial charge in [-0.25, -0.2) is 9.37 Å². The molecule has 7 heteroatoms. The number of thiazole rings is 1. The van der Waals surface area contributed by atoms with Crippen molar-refractivity contribution in [2.24, 2.45) is 0 Å². The Hall–Kier alpha value is -1.47. The molecular formula is C13H12BrFN2O2S. The summed E-state index contributed by atoms with van der Waals surface area (Å²) >= 11 is 4.63. The Morgan fingerprint density at radius 3 is 3.00 bits per heavy atom. The molecule has 2 rings (SSSR count). The van der Waals surface area contributed by atoms with Crippen molar-refractivity contribution in [2.75, 3.05) is 6.61 Å². The smallest absolute Gasteiger partial charge is 0.258 e. The maximum absolute atomic E-state index is 13.5. The van der Waals surface area contributed by atoms with Gasteiger partial charge in [-0.3, -0.25) is 4.79 Å². The Bertz CT molecular complexity index is 618. The zero-order valence-electron chi connectivity index (χ0n) is 10.7. The highest BCUT2D eigenvalue weighted by Crippen LogP contribution is 2.21. The maximum Gasteiger partial charge on any atom is 0.258 e. The van der Waals surface area contributed by atoms with E-state index in [1.54, 1.807) is 6.07 Å². The third-order valence-electron chi connectivity index (χ3n) is 2.36. The average molecular weight is 359 g/mol. The monoisotopic (exact) mass is 358 g/mol. The molecule has 0 saturated heterocycles. The highest BCUT2D eigenvalue weighted by atomic mass is 79.9. The summed E-state index contributed by atoms with van der Waals surface area (Å²) in [6.07, 6.45) is 0. The van der Waals surface area contributed by atoms with Gasteiger partial charge >= 0.3 is 0 Å². The quantitative estimate of drug-likeness (QED) is 0.893. The molecule has 2 aromatic rings. The van der Waals surface area contributed by atoms with Crippen LogP contribution in [0.3, 0.4) is 0 Å². The van der Waals surface area contributed by atoms with E-state index in [1.165, 1.54) is 23.5 Å². The van der Waals surface area contributed by atoms with Gasteiger partial charge in [0.1, 0.15) is 5.01 Å². The predicted octanol–water partition coefficient (Wildman–Crippen LogP) is 3.05. The van der Waals surface area contributed by atoms with E-state index in [9.17, 15) is 9.18 Å². The lowest BCUT2D eigenvalue weighted by Gasteiger charge is -2.07. The summed E-state index contributed by atoms with van der Waals surface area (Å²) in [4.78, 5) is 15.8. The van der Waals surface area contributed by atoms with Gasteiger partial charge in [-0.1, -0.05) is 15.9 Å². The van der Waals surface area contributed by atoms with Crippen molar-refractivity contribution in [3.8, 4) is 5.75 Å². The number of hydrogen-bond donors (Lipinski definition) is 1. The molecule has 1 aromatic carbocycles. The number of carbonyl (C=O) groups excluding carboxylic acids is 1. The number of amides is 1. The standard InChI is InChI=1S/C13H12BrFN2O2S/c1-8-7-20-13(17-8)5-16-12(18)6-19-11-3-2-9(14)4-10(11)15/h2-4,7H,5-6H2,1H3,(H,16,18). The molecule has 0 spiro atoms. The van der Waals surface area contributed by atoms with Crippen LogP contribution in [0, 0.1) is 12.7 Å². The molecule has 0 aliphatic heterocycles. The van der Waals surface area contributed by atoms with Crippen LogP contribution >= 0.6 is 27.3 Å². The van der Waals surface area contributed by atoms with E-state index in [1.807, 2.05) is 12.3 Å². The SMILES string of the molecule is Cc1csc(CNC(=O)COc2ccc(Br)cc2F)n1. The number of benzene rings is 1. The molecule has 106 valence electrons. The van der Waals surface area contributed by atoms with Gasteiger partial charge in [0.25, 0.3) is 5.91 Å². The molecule has 1 N–H and O–H groups in total. The fourth-order valence-corrected chi connectivity index (χ4v) is 2.49. The predicted molar refractivity (Wildman–Crippen MR) is 78.3 cm³/mol. The van der Waals surface area contributed by atoms with Crippen LogP contribution in [0.1, 0.15) is 10.7 Å². The third kappa shape index (κ3) is 4.28. The summed E-state index contributed by atoms with van der Waals surface area (Å²) in [5.74, 6) is -0.781. The van der Waals surface area contributed by atoms with E-state index in [0.717, 1.165) is 10.7 Å². The Kier molecular flexibility index (Phi) is 5.08. The van der Waals surface area contributed by atoms with Crippen molar-refractivity contribution >= 4 is 33.2 Å². The maximum atomic E-state index is 13.5. The first kappa shape index (κ1) is 14.9. The Labute approximate surface area is 128 Å². The van der Waals surface area contributed by atoms with Gasteiger partial charge in [0, 0.05) is 15.5 Å². The summed E-state index contributed by atoms with van der Waals surface area (Å²) in [7, 11) is 0. The molecule has 0 aliphatic carbocycles. The lowest BCUT2D eigenvalue weighted by molar-refractivity contribution is -0.123. The number of nitrogens with zero attached hydrogens (tertiary/aromatic N) is 1. The van der Waals surface area contributed by atoms with Gasteiger partial charge in [0.05, 0.1) is 6.54 Å².